The van der Waals surface area contributed by atoms with Gasteiger partial charge in [-0.25, -0.2) is 0 Å². The van der Waals surface area contributed by atoms with Crippen LogP contribution in [-0.4, -0.2) is 54.4 Å². The summed E-state index contributed by atoms with van der Waals surface area (Å²) in [5.41, 5.74) is -0.402. The summed E-state index contributed by atoms with van der Waals surface area (Å²) in [5.74, 6) is -4.80. The maximum absolute atomic E-state index is 14.4. The lowest BCUT2D eigenvalue weighted by molar-refractivity contribution is -0.164. The molecular formula is C16H18F2N2O3. The van der Waals surface area contributed by atoms with Gasteiger partial charge < -0.3 is 14.5 Å². The van der Waals surface area contributed by atoms with E-state index in [0.717, 1.165) is 17.7 Å². The van der Waals surface area contributed by atoms with Crippen LogP contribution >= 0.6 is 0 Å². The predicted molar refractivity (Wildman–Crippen MR) is 78.2 cm³/mol. The minimum Gasteiger partial charge on any atom is -0.497 e. The van der Waals surface area contributed by atoms with E-state index in [1.165, 1.54) is 31.4 Å². The molecule has 1 saturated carbocycles. The zero-order chi connectivity index (χ0) is 16.6. The van der Waals surface area contributed by atoms with Crippen molar-refractivity contribution in [2.45, 2.75) is 24.8 Å². The van der Waals surface area contributed by atoms with Crippen LogP contribution in [0.3, 0.4) is 0 Å². The first-order valence-electron chi connectivity index (χ1n) is 7.54. The Morgan fingerprint density at radius 1 is 1.22 bits per heavy atom. The summed E-state index contributed by atoms with van der Waals surface area (Å²) in [4.78, 5) is 26.8. The molecule has 7 heteroatoms. The highest BCUT2D eigenvalue weighted by Gasteiger charge is 2.46. The first-order chi connectivity index (χ1) is 10.9. The number of carbonyl (C=O) groups excluding carboxylic acids is 2. The lowest BCUT2D eigenvalue weighted by Gasteiger charge is -2.36. The lowest BCUT2D eigenvalue weighted by atomic mass is 10.1. The van der Waals surface area contributed by atoms with Gasteiger partial charge in [-0.3, -0.25) is 9.59 Å². The van der Waals surface area contributed by atoms with Crippen molar-refractivity contribution in [2.75, 3.05) is 26.7 Å². The molecule has 0 aromatic heterocycles. The van der Waals surface area contributed by atoms with Crippen molar-refractivity contribution in [3.05, 3.63) is 29.8 Å². The molecule has 1 aliphatic carbocycles. The molecular weight excluding hydrogens is 306 g/mol. The Hall–Kier alpha value is -2.18. The molecule has 0 radical (unpaired) electrons. The van der Waals surface area contributed by atoms with Crippen LogP contribution in [0.1, 0.15) is 18.4 Å². The standard InChI is InChI=1S/C16H18F2N2O3/c1-23-13-6-2-11(3-7-13)16(17,18)15(22)19-8-9-20(12-4-5-12)14(21)10-19/h2-3,6-7,12H,4-5,8-10H2,1H3. The van der Waals surface area contributed by atoms with Crippen LogP contribution in [0.15, 0.2) is 24.3 Å². The summed E-state index contributed by atoms with van der Waals surface area (Å²) in [6, 6.07) is 5.33. The molecule has 1 saturated heterocycles. The lowest BCUT2D eigenvalue weighted by Crippen LogP contribution is -2.55. The van der Waals surface area contributed by atoms with Crippen LogP contribution in [0.25, 0.3) is 0 Å². The van der Waals surface area contributed by atoms with Crippen LogP contribution < -0.4 is 4.74 Å². The number of halogens is 2. The van der Waals surface area contributed by atoms with E-state index >= 15 is 0 Å². The Morgan fingerprint density at radius 3 is 2.39 bits per heavy atom. The van der Waals surface area contributed by atoms with Gasteiger partial charge in [0.15, 0.2) is 0 Å². The number of hydrogen-bond donors (Lipinski definition) is 0. The van der Waals surface area contributed by atoms with Crippen molar-refractivity contribution in [3.8, 4) is 5.75 Å². The highest BCUT2D eigenvalue weighted by molar-refractivity contribution is 5.90. The first kappa shape index (κ1) is 15.7. The number of rotatable bonds is 4. The highest BCUT2D eigenvalue weighted by atomic mass is 19.3. The molecule has 0 unspecified atom stereocenters. The molecule has 1 aliphatic heterocycles. The second kappa shape index (κ2) is 5.79. The summed E-state index contributed by atoms with van der Waals surface area (Å²) >= 11 is 0. The number of carbonyl (C=O) groups is 2. The summed E-state index contributed by atoms with van der Waals surface area (Å²) in [6.45, 7) is 0.196. The molecule has 2 fully saturated rings. The quantitative estimate of drug-likeness (QED) is 0.846. The maximum atomic E-state index is 14.4. The van der Waals surface area contributed by atoms with E-state index in [0.29, 0.717) is 12.3 Å². The number of benzene rings is 1. The molecule has 1 aromatic carbocycles. The number of alkyl halides is 2. The van der Waals surface area contributed by atoms with Crippen LogP contribution in [0.4, 0.5) is 8.78 Å². The van der Waals surface area contributed by atoms with Gasteiger partial charge in [0.1, 0.15) is 12.3 Å². The predicted octanol–water partition coefficient (Wildman–Crippen LogP) is 1.62. The van der Waals surface area contributed by atoms with E-state index < -0.39 is 17.4 Å². The number of amides is 2. The Bertz CT molecular complexity index is 614. The largest absolute Gasteiger partial charge is 0.497 e. The van der Waals surface area contributed by atoms with Gasteiger partial charge >= 0.3 is 5.92 Å². The SMILES string of the molecule is COc1ccc(C(F)(F)C(=O)N2CCN(C3CC3)C(=O)C2)cc1. The highest BCUT2D eigenvalue weighted by Crippen LogP contribution is 2.33. The molecule has 0 spiro atoms. The van der Waals surface area contributed by atoms with E-state index in [1.807, 2.05) is 0 Å². The molecule has 124 valence electrons. The average Bonchev–Trinajstić information content (AvgIpc) is 3.38. The fourth-order valence-electron chi connectivity index (χ4n) is 2.75. The minimum absolute atomic E-state index is 0.146. The van der Waals surface area contributed by atoms with E-state index in [4.69, 9.17) is 4.74 Å². The van der Waals surface area contributed by atoms with E-state index in [1.54, 1.807) is 4.90 Å². The van der Waals surface area contributed by atoms with Gasteiger partial charge in [0.05, 0.1) is 7.11 Å². The minimum atomic E-state index is -3.66. The summed E-state index contributed by atoms with van der Waals surface area (Å²) in [6.07, 6.45) is 1.92. The fraction of sp³-hybridized carbons (Fsp3) is 0.500. The third kappa shape index (κ3) is 3.00. The van der Waals surface area contributed by atoms with Gasteiger partial charge in [0.2, 0.25) is 5.91 Å². The van der Waals surface area contributed by atoms with Crippen LogP contribution in [0.5, 0.6) is 5.75 Å². The molecule has 0 atom stereocenters. The zero-order valence-corrected chi connectivity index (χ0v) is 12.8. The molecule has 2 aliphatic rings. The Morgan fingerprint density at radius 2 is 1.87 bits per heavy atom. The Balaban J connectivity index is 1.71. The molecule has 2 amide bonds. The second-order valence-electron chi connectivity index (χ2n) is 5.85. The molecule has 5 nitrogen and oxygen atoms in total. The summed E-state index contributed by atoms with van der Waals surface area (Å²) in [5, 5.41) is 0. The van der Waals surface area contributed by atoms with Gasteiger partial charge in [-0.1, -0.05) is 0 Å². The van der Waals surface area contributed by atoms with Crippen LogP contribution in [-0.2, 0) is 15.5 Å². The van der Waals surface area contributed by atoms with Crippen molar-refractivity contribution in [1.29, 1.82) is 0 Å². The summed E-state index contributed by atoms with van der Waals surface area (Å²) < 4.78 is 33.7. The Labute approximate surface area is 132 Å². The van der Waals surface area contributed by atoms with E-state index in [-0.39, 0.29) is 25.0 Å². The number of hydrogen-bond acceptors (Lipinski definition) is 3. The number of ether oxygens (including phenoxy) is 1. The molecule has 1 heterocycles. The normalized spacial score (nSPS) is 19.0. The van der Waals surface area contributed by atoms with Crippen molar-refractivity contribution < 1.29 is 23.1 Å². The molecule has 0 bridgehead atoms. The van der Waals surface area contributed by atoms with Gasteiger partial charge in [-0.2, -0.15) is 8.78 Å². The fourth-order valence-corrected chi connectivity index (χ4v) is 2.75. The van der Waals surface area contributed by atoms with Gasteiger partial charge in [-0.15, -0.1) is 0 Å². The second-order valence-corrected chi connectivity index (χ2v) is 5.85. The van der Waals surface area contributed by atoms with Gasteiger partial charge in [0, 0.05) is 24.7 Å². The van der Waals surface area contributed by atoms with Crippen molar-refractivity contribution in [3.63, 3.8) is 0 Å². The van der Waals surface area contributed by atoms with Crippen LogP contribution in [0, 0.1) is 0 Å². The third-order valence-electron chi connectivity index (χ3n) is 4.25. The smallest absolute Gasteiger partial charge is 0.349 e. The van der Waals surface area contributed by atoms with Crippen LogP contribution in [0.2, 0.25) is 0 Å². The van der Waals surface area contributed by atoms with Crippen molar-refractivity contribution >= 4 is 11.8 Å². The number of methoxy groups -OCH3 is 1. The first-order valence-corrected chi connectivity index (χ1v) is 7.54. The number of piperazine rings is 1. The van der Waals surface area contributed by atoms with E-state index in [2.05, 4.69) is 0 Å². The molecule has 0 N–H and O–H groups in total. The van der Waals surface area contributed by atoms with Crippen molar-refractivity contribution in [1.82, 2.24) is 9.80 Å². The maximum Gasteiger partial charge on any atom is 0.349 e. The Kier molecular flexibility index (Phi) is 3.95. The molecule has 3 rings (SSSR count). The zero-order valence-electron chi connectivity index (χ0n) is 12.8. The van der Waals surface area contributed by atoms with Gasteiger partial charge in [-0.05, 0) is 37.1 Å². The van der Waals surface area contributed by atoms with E-state index in [9.17, 15) is 18.4 Å². The van der Waals surface area contributed by atoms with Crippen molar-refractivity contribution in [2.24, 2.45) is 0 Å². The average molecular weight is 324 g/mol. The van der Waals surface area contributed by atoms with Gasteiger partial charge in [0.25, 0.3) is 5.91 Å². The third-order valence-corrected chi connectivity index (χ3v) is 4.25. The topological polar surface area (TPSA) is 49.9 Å². The monoisotopic (exact) mass is 324 g/mol. The summed E-state index contributed by atoms with van der Waals surface area (Å²) in [7, 11) is 1.43. The molecule has 1 aromatic rings. The molecule has 23 heavy (non-hydrogen) atoms. The number of nitrogens with zero attached hydrogens (tertiary/aromatic N) is 2.